The second kappa shape index (κ2) is 8.45. The monoisotopic (exact) mass is 274 g/mol. The largest absolute Gasteiger partial charge is 0.478 e. The van der Waals surface area contributed by atoms with Crippen LogP contribution in [0.15, 0.2) is 22.8 Å². The Balaban J connectivity index is 0. The molecule has 0 aliphatic carbocycles. The van der Waals surface area contributed by atoms with Crippen LogP contribution < -0.4 is 0 Å². The highest BCUT2D eigenvalue weighted by Crippen LogP contribution is 2.02. The van der Waals surface area contributed by atoms with E-state index in [2.05, 4.69) is 0 Å². The fourth-order valence-electron chi connectivity index (χ4n) is 0.568. The Labute approximate surface area is 108 Å². The lowest BCUT2D eigenvalue weighted by Gasteiger charge is -1.95. The highest BCUT2D eigenvalue weighted by Gasteiger charge is 2.09. The highest BCUT2D eigenvalue weighted by atomic mass is 16.4. The Morgan fingerprint density at radius 1 is 0.684 bits per heavy atom. The van der Waals surface area contributed by atoms with Gasteiger partial charge in [0.05, 0.1) is 0 Å². The second-order valence-corrected chi connectivity index (χ2v) is 3.33. The van der Waals surface area contributed by atoms with Crippen molar-refractivity contribution in [3.63, 3.8) is 0 Å². The molecule has 0 amide bonds. The zero-order valence-electron chi connectivity index (χ0n) is 10.5. The lowest BCUT2D eigenvalue weighted by molar-refractivity contribution is -0.135. The van der Waals surface area contributed by atoms with Crippen molar-refractivity contribution in [2.45, 2.75) is 20.8 Å². The van der Waals surface area contributed by atoms with E-state index in [0.29, 0.717) is 6.08 Å². The summed E-state index contributed by atoms with van der Waals surface area (Å²) in [5.41, 5.74) is -0.442. The molecule has 0 saturated carbocycles. The SMILES string of the molecule is C/C(C(=O)O)=C(\C)C(=O)O.CC(=CC(=O)O)C(=O)O. The number of aliphatic carboxylic acids is 4. The lowest BCUT2D eigenvalue weighted by Crippen LogP contribution is -2.06. The van der Waals surface area contributed by atoms with Gasteiger partial charge in [-0.05, 0) is 20.8 Å². The van der Waals surface area contributed by atoms with Crippen molar-refractivity contribution in [3.8, 4) is 0 Å². The van der Waals surface area contributed by atoms with Crippen molar-refractivity contribution < 1.29 is 39.6 Å². The molecule has 4 N–H and O–H groups in total. The first-order chi connectivity index (χ1) is 8.50. The van der Waals surface area contributed by atoms with Crippen LogP contribution in [0.2, 0.25) is 0 Å². The quantitative estimate of drug-likeness (QED) is 0.544. The average molecular weight is 274 g/mol. The molecule has 8 nitrogen and oxygen atoms in total. The fraction of sp³-hybridized carbons (Fsp3) is 0.273. The van der Waals surface area contributed by atoms with Crippen LogP contribution in [0.4, 0.5) is 0 Å². The summed E-state index contributed by atoms with van der Waals surface area (Å²) >= 11 is 0. The Morgan fingerprint density at radius 2 is 1.00 bits per heavy atom. The summed E-state index contributed by atoms with van der Waals surface area (Å²) in [5.74, 6) is -4.84. The minimum Gasteiger partial charge on any atom is -0.478 e. The molecule has 0 rings (SSSR count). The van der Waals surface area contributed by atoms with E-state index < -0.39 is 23.9 Å². The van der Waals surface area contributed by atoms with Gasteiger partial charge in [0.15, 0.2) is 0 Å². The Kier molecular flexibility index (Phi) is 8.33. The highest BCUT2D eigenvalue weighted by molar-refractivity contribution is 5.97. The van der Waals surface area contributed by atoms with Gasteiger partial charge in [-0.2, -0.15) is 0 Å². The third-order valence-corrected chi connectivity index (χ3v) is 1.88. The second-order valence-electron chi connectivity index (χ2n) is 3.33. The molecule has 0 unspecified atom stereocenters. The van der Waals surface area contributed by atoms with Crippen molar-refractivity contribution in [2.24, 2.45) is 0 Å². The van der Waals surface area contributed by atoms with Gasteiger partial charge in [-0.3, -0.25) is 0 Å². The fourth-order valence-corrected chi connectivity index (χ4v) is 0.568. The van der Waals surface area contributed by atoms with Crippen molar-refractivity contribution in [2.75, 3.05) is 0 Å². The minimum atomic E-state index is -1.24. The average Bonchev–Trinajstić information content (AvgIpc) is 2.26. The summed E-state index contributed by atoms with van der Waals surface area (Å²) in [4.78, 5) is 39.9. The third-order valence-electron chi connectivity index (χ3n) is 1.88. The molecule has 0 radical (unpaired) electrons. The zero-order valence-corrected chi connectivity index (χ0v) is 10.5. The van der Waals surface area contributed by atoms with Gasteiger partial charge >= 0.3 is 23.9 Å². The van der Waals surface area contributed by atoms with Crippen LogP contribution in [0.5, 0.6) is 0 Å². The summed E-state index contributed by atoms with van der Waals surface area (Å²) in [5, 5.41) is 32.7. The predicted molar refractivity (Wildman–Crippen MR) is 62.7 cm³/mol. The molecule has 0 bridgehead atoms. The first-order valence-electron chi connectivity index (χ1n) is 4.79. The van der Waals surface area contributed by atoms with Crippen LogP contribution in [-0.2, 0) is 19.2 Å². The summed E-state index contributed by atoms with van der Waals surface area (Å²) in [7, 11) is 0. The number of rotatable bonds is 4. The van der Waals surface area contributed by atoms with Crippen LogP contribution >= 0.6 is 0 Å². The first kappa shape index (κ1) is 18.7. The molecule has 0 aliphatic rings. The smallest absolute Gasteiger partial charge is 0.331 e. The molecule has 0 spiro atoms. The standard InChI is InChI=1S/C6H8O4.C5H6O4/c1-3(5(7)8)4(2)6(9)10;1-3(5(8)9)2-4(6)7/h1-2H3,(H,7,8)(H,9,10);2H,1H3,(H,6,7)(H,8,9)/b4-3-;. The van der Waals surface area contributed by atoms with E-state index in [9.17, 15) is 19.2 Å². The van der Waals surface area contributed by atoms with Gasteiger partial charge in [0.25, 0.3) is 0 Å². The van der Waals surface area contributed by atoms with Gasteiger partial charge in [-0.25, -0.2) is 19.2 Å². The van der Waals surface area contributed by atoms with Crippen molar-refractivity contribution in [1.29, 1.82) is 0 Å². The van der Waals surface area contributed by atoms with Gasteiger partial charge in [0.1, 0.15) is 0 Å². The van der Waals surface area contributed by atoms with Crippen LogP contribution in [0.3, 0.4) is 0 Å². The van der Waals surface area contributed by atoms with Crippen LogP contribution in [0.25, 0.3) is 0 Å². The van der Waals surface area contributed by atoms with Gasteiger partial charge in [-0.15, -0.1) is 0 Å². The molecular weight excluding hydrogens is 260 g/mol. The molecule has 0 aromatic carbocycles. The van der Waals surface area contributed by atoms with E-state index in [0.717, 1.165) is 0 Å². The van der Waals surface area contributed by atoms with E-state index in [4.69, 9.17) is 20.4 Å². The van der Waals surface area contributed by atoms with E-state index in [1.165, 1.54) is 20.8 Å². The van der Waals surface area contributed by atoms with Crippen molar-refractivity contribution >= 4 is 23.9 Å². The number of hydrogen-bond donors (Lipinski definition) is 4. The molecule has 0 aromatic heterocycles. The van der Waals surface area contributed by atoms with Gasteiger partial charge < -0.3 is 20.4 Å². The molecule has 0 heterocycles. The molecule has 0 atom stereocenters. The van der Waals surface area contributed by atoms with E-state index in [1.54, 1.807) is 0 Å². The lowest BCUT2D eigenvalue weighted by atomic mass is 10.1. The first-order valence-corrected chi connectivity index (χ1v) is 4.79. The normalized spacial score (nSPS) is 11.6. The molecule has 0 fully saturated rings. The topological polar surface area (TPSA) is 149 Å². The molecule has 106 valence electrons. The van der Waals surface area contributed by atoms with E-state index in [1.807, 2.05) is 0 Å². The van der Waals surface area contributed by atoms with Crippen molar-refractivity contribution in [1.82, 2.24) is 0 Å². The summed E-state index contributed by atoms with van der Waals surface area (Å²) in [6, 6.07) is 0. The maximum atomic E-state index is 10.1. The third kappa shape index (κ3) is 9.10. The molecule has 0 saturated heterocycles. The number of hydrogen-bond acceptors (Lipinski definition) is 4. The minimum absolute atomic E-state index is 0.132. The molecule has 19 heavy (non-hydrogen) atoms. The van der Waals surface area contributed by atoms with Gasteiger partial charge in [-0.1, -0.05) is 0 Å². The zero-order chi connectivity index (χ0) is 15.7. The molecule has 0 aromatic rings. The van der Waals surface area contributed by atoms with Crippen LogP contribution in [0, 0.1) is 0 Å². The predicted octanol–water partition coefficient (Wildman–Crippen LogP) is 0.594. The van der Waals surface area contributed by atoms with Gasteiger partial charge in [0, 0.05) is 22.8 Å². The molecule has 8 heteroatoms. The number of carbonyl (C=O) groups is 4. The van der Waals surface area contributed by atoms with E-state index in [-0.39, 0.29) is 16.7 Å². The molecular formula is C11H14O8. The summed E-state index contributed by atoms with van der Waals surface area (Å²) in [6.07, 6.45) is 0.641. The maximum absolute atomic E-state index is 10.1. The Hall–Kier alpha value is -2.64. The Morgan fingerprint density at radius 3 is 1.11 bits per heavy atom. The summed E-state index contributed by atoms with van der Waals surface area (Å²) in [6.45, 7) is 3.73. The van der Waals surface area contributed by atoms with Crippen LogP contribution in [-0.4, -0.2) is 44.3 Å². The van der Waals surface area contributed by atoms with Crippen molar-refractivity contribution in [3.05, 3.63) is 22.8 Å². The summed E-state index contributed by atoms with van der Waals surface area (Å²) < 4.78 is 0. The maximum Gasteiger partial charge on any atom is 0.331 e. The van der Waals surface area contributed by atoms with Crippen LogP contribution in [0.1, 0.15) is 20.8 Å². The number of carboxylic acid groups (broad SMARTS) is 4. The van der Waals surface area contributed by atoms with Gasteiger partial charge in [0.2, 0.25) is 0 Å². The number of carboxylic acids is 4. The Bertz CT molecular complexity index is 433. The van der Waals surface area contributed by atoms with E-state index >= 15 is 0 Å². The molecule has 0 aliphatic heterocycles.